The molecule has 3 aromatic rings. The van der Waals surface area contributed by atoms with Crippen molar-refractivity contribution in [1.82, 2.24) is 19.4 Å². The molecular formula is C25H31N5O2S. The first-order valence-electron chi connectivity index (χ1n) is 11.9. The Bertz CT molecular complexity index is 1220. The number of piperazine rings is 1. The summed E-state index contributed by atoms with van der Waals surface area (Å²) >= 11 is 1.32. The molecule has 0 radical (unpaired) electrons. The number of hydrogen-bond donors (Lipinski definition) is 1. The van der Waals surface area contributed by atoms with Crippen LogP contribution in [-0.2, 0) is 19.5 Å². The van der Waals surface area contributed by atoms with Crippen molar-refractivity contribution in [2.75, 3.05) is 38.0 Å². The third-order valence-corrected chi connectivity index (χ3v) is 8.08. The monoisotopic (exact) mass is 465 g/mol. The number of benzene rings is 1. The second-order valence-electron chi connectivity index (χ2n) is 9.04. The average molecular weight is 466 g/mol. The lowest BCUT2D eigenvalue weighted by Gasteiger charge is -2.34. The first-order chi connectivity index (χ1) is 16.0. The van der Waals surface area contributed by atoms with E-state index < -0.39 is 0 Å². The number of rotatable bonds is 5. The van der Waals surface area contributed by atoms with E-state index in [0.29, 0.717) is 21.6 Å². The zero-order chi connectivity index (χ0) is 22.9. The minimum Gasteiger partial charge on any atom is -0.321 e. The number of thiophene rings is 1. The van der Waals surface area contributed by atoms with Gasteiger partial charge in [0.2, 0.25) is 0 Å². The Morgan fingerprint density at radius 2 is 1.79 bits per heavy atom. The molecule has 0 unspecified atom stereocenters. The molecule has 8 heteroatoms. The molecule has 0 saturated carbocycles. The van der Waals surface area contributed by atoms with E-state index >= 15 is 0 Å². The van der Waals surface area contributed by atoms with Gasteiger partial charge >= 0.3 is 0 Å². The number of nitrogens with zero attached hydrogens (tertiary/aromatic N) is 4. The summed E-state index contributed by atoms with van der Waals surface area (Å²) in [4.78, 5) is 37.0. The van der Waals surface area contributed by atoms with Gasteiger partial charge in [-0.15, -0.1) is 11.3 Å². The second kappa shape index (κ2) is 9.37. The van der Waals surface area contributed by atoms with E-state index in [1.54, 1.807) is 4.57 Å². The van der Waals surface area contributed by atoms with E-state index in [4.69, 9.17) is 4.98 Å². The standard InChI is InChI=1S/C25H31N5O2S/c1-3-28-12-14-29(15-13-28)16-18-7-9-19(10-8-18)26-23(31)22-17(2)21-24(33-22)27-20-6-4-5-11-30(20)25(21)32/h7-10H,3-6,11-16H2,1-2H3,(H,26,31). The number of aryl methyl sites for hydroxylation is 2. The molecule has 1 N–H and O–H groups in total. The SMILES string of the molecule is CCN1CCN(Cc2ccc(NC(=O)c3sc4nc5n(c(=O)c4c3C)CCCC5)cc2)CC1. The van der Waals surface area contributed by atoms with Crippen molar-refractivity contribution in [1.29, 1.82) is 0 Å². The van der Waals surface area contributed by atoms with Crippen LogP contribution in [0.15, 0.2) is 29.1 Å². The summed E-state index contributed by atoms with van der Waals surface area (Å²) in [7, 11) is 0. The Labute approximate surface area is 198 Å². The summed E-state index contributed by atoms with van der Waals surface area (Å²) in [6.07, 6.45) is 2.88. The highest BCUT2D eigenvalue weighted by molar-refractivity contribution is 7.20. The van der Waals surface area contributed by atoms with Crippen molar-refractivity contribution in [2.24, 2.45) is 0 Å². The molecule has 1 saturated heterocycles. The van der Waals surface area contributed by atoms with E-state index in [1.807, 2.05) is 19.1 Å². The van der Waals surface area contributed by atoms with Crippen LogP contribution >= 0.6 is 11.3 Å². The van der Waals surface area contributed by atoms with E-state index in [-0.39, 0.29) is 11.5 Å². The van der Waals surface area contributed by atoms with Gasteiger partial charge in [-0.1, -0.05) is 19.1 Å². The normalized spacial score (nSPS) is 17.3. The van der Waals surface area contributed by atoms with Crippen LogP contribution in [0.3, 0.4) is 0 Å². The molecule has 4 heterocycles. The van der Waals surface area contributed by atoms with Crippen molar-refractivity contribution in [2.45, 2.75) is 46.2 Å². The molecule has 174 valence electrons. The number of amides is 1. The zero-order valence-corrected chi connectivity index (χ0v) is 20.2. The van der Waals surface area contributed by atoms with Crippen molar-refractivity contribution < 1.29 is 4.79 Å². The van der Waals surface area contributed by atoms with Crippen LogP contribution in [0.1, 0.15) is 46.4 Å². The number of carbonyl (C=O) groups excluding carboxylic acids is 1. The summed E-state index contributed by atoms with van der Waals surface area (Å²) in [6.45, 7) is 11.3. The maximum absolute atomic E-state index is 13.0. The van der Waals surface area contributed by atoms with Gasteiger partial charge in [-0.05, 0) is 49.6 Å². The number of aromatic nitrogens is 2. The molecule has 0 bridgehead atoms. The molecule has 33 heavy (non-hydrogen) atoms. The number of fused-ring (bicyclic) bond motifs is 2. The van der Waals surface area contributed by atoms with Crippen molar-refractivity contribution in [3.05, 3.63) is 56.4 Å². The molecule has 2 aliphatic heterocycles. The van der Waals surface area contributed by atoms with E-state index in [2.05, 4.69) is 34.2 Å². The minimum absolute atomic E-state index is 0.00776. The first kappa shape index (κ1) is 22.3. The minimum atomic E-state index is -0.179. The number of anilines is 1. The zero-order valence-electron chi connectivity index (χ0n) is 19.4. The molecule has 0 spiro atoms. The van der Waals surface area contributed by atoms with E-state index in [9.17, 15) is 9.59 Å². The molecule has 5 rings (SSSR count). The van der Waals surface area contributed by atoms with Gasteiger partial charge in [-0.2, -0.15) is 0 Å². The van der Waals surface area contributed by atoms with E-state index in [1.165, 1.54) is 16.9 Å². The predicted octanol–water partition coefficient (Wildman–Crippen LogP) is 3.49. The van der Waals surface area contributed by atoms with Gasteiger partial charge in [0.15, 0.2) is 0 Å². The van der Waals surface area contributed by atoms with Gasteiger partial charge in [0.25, 0.3) is 11.5 Å². The highest BCUT2D eigenvalue weighted by Gasteiger charge is 2.23. The number of nitrogens with one attached hydrogen (secondary N) is 1. The van der Waals surface area contributed by atoms with Crippen LogP contribution in [0.2, 0.25) is 0 Å². The van der Waals surface area contributed by atoms with Gasteiger partial charge in [0.05, 0.1) is 10.3 Å². The maximum Gasteiger partial charge on any atom is 0.266 e. The van der Waals surface area contributed by atoms with Crippen LogP contribution in [0.5, 0.6) is 0 Å². The molecule has 1 fully saturated rings. The lowest BCUT2D eigenvalue weighted by Crippen LogP contribution is -2.45. The third-order valence-electron chi connectivity index (χ3n) is 6.90. The Morgan fingerprint density at radius 3 is 2.52 bits per heavy atom. The highest BCUT2D eigenvalue weighted by Crippen LogP contribution is 2.29. The van der Waals surface area contributed by atoms with Crippen molar-refractivity contribution in [3.63, 3.8) is 0 Å². The molecular weight excluding hydrogens is 434 g/mol. The maximum atomic E-state index is 13.0. The molecule has 0 aliphatic carbocycles. The molecule has 2 aliphatic rings. The van der Waals surface area contributed by atoms with Gasteiger partial charge in [-0.25, -0.2) is 4.98 Å². The Hall–Kier alpha value is -2.55. The Morgan fingerprint density at radius 1 is 1.06 bits per heavy atom. The Balaban J connectivity index is 1.29. The number of hydrogen-bond acceptors (Lipinski definition) is 6. The van der Waals surface area contributed by atoms with Gasteiger partial charge in [0.1, 0.15) is 10.7 Å². The Kier molecular flexibility index (Phi) is 6.32. The van der Waals surface area contributed by atoms with Crippen LogP contribution in [0, 0.1) is 6.92 Å². The quantitative estimate of drug-likeness (QED) is 0.625. The lowest BCUT2D eigenvalue weighted by atomic mass is 10.1. The van der Waals surface area contributed by atoms with Crippen LogP contribution in [0.25, 0.3) is 10.2 Å². The first-order valence-corrected chi connectivity index (χ1v) is 12.7. The van der Waals surface area contributed by atoms with Crippen LogP contribution in [-0.4, -0.2) is 58.0 Å². The lowest BCUT2D eigenvalue weighted by molar-refractivity contribution is 0.103. The summed E-state index contributed by atoms with van der Waals surface area (Å²) in [5.74, 6) is 0.667. The smallest absolute Gasteiger partial charge is 0.266 e. The third kappa shape index (κ3) is 4.47. The van der Waals surface area contributed by atoms with Gasteiger partial charge in [-0.3, -0.25) is 19.1 Å². The summed E-state index contributed by atoms with van der Waals surface area (Å²) in [6, 6.07) is 8.09. The molecule has 1 aromatic carbocycles. The van der Waals surface area contributed by atoms with Crippen molar-refractivity contribution >= 4 is 33.1 Å². The van der Waals surface area contributed by atoms with Crippen LogP contribution < -0.4 is 10.9 Å². The van der Waals surface area contributed by atoms with Gasteiger partial charge < -0.3 is 10.2 Å². The predicted molar refractivity (Wildman–Crippen MR) is 133 cm³/mol. The highest BCUT2D eigenvalue weighted by atomic mass is 32.1. The summed E-state index contributed by atoms with van der Waals surface area (Å²) < 4.78 is 1.79. The molecule has 7 nitrogen and oxygen atoms in total. The summed E-state index contributed by atoms with van der Waals surface area (Å²) in [5.41, 5.74) is 2.74. The molecule has 1 amide bonds. The topological polar surface area (TPSA) is 70.5 Å². The fourth-order valence-electron chi connectivity index (χ4n) is 4.85. The van der Waals surface area contributed by atoms with Crippen molar-refractivity contribution in [3.8, 4) is 0 Å². The number of carbonyl (C=O) groups is 1. The summed E-state index contributed by atoms with van der Waals surface area (Å²) in [5, 5.41) is 3.60. The average Bonchev–Trinajstić information content (AvgIpc) is 3.17. The number of likely N-dealkylation sites (N-methyl/N-ethyl adjacent to an activating group) is 1. The van der Waals surface area contributed by atoms with Gasteiger partial charge in [0, 0.05) is 51.4 Å². The fourth-order valence-corrected chi connectivity index (χ4v) is 5.94. The fraction of sp³-hybridized carbons (Fsp3) is 0.480. The second-order valence-corrected chi connectivity index (χ2v) is 10.0. The largest absolute Gasteiger partial charge is 0.321 e. The van der Waals surface area contributed by atoms with Crippen LogP contribution in [0.4, 0.5) is 5.69 Å². The molecule has 0 atom stereocenters. The molecule has 2 aromatic heterocycles. The van der Waals surface area contributed by atoms with E-state index in [0.717, 1.165) is 75.6 Å².